The summed E-state index contributed by atoms with van der Waals surface area (Å²) in [6, 6.07) is 8.42. The average molecular weight is 382 g/mol. The maximum absolute atomic E-state index is 13.6. The molecule has 0 saturated carbocycles. The van der Waals surface area contributed by atoms with Gasteiger partial charge in [-0.1, -0.05) is 0 Å². The second kappa shape index (κ2) is 6.24. The van der Waals surface area contributed by atoms with Crippen LogP contribution in [0.1, 0.15) is 33.4 Å². The van der Waals surface area contributed by atoms with E-state index in [1.54, 1.807) is 18.2 Å². The van der Waals surface area contributed by atoms with Crippen LogP contribution in [-0.2, 0) is 17.7 Å². The Morgan fingerprint density at radius 1 is 1.21 bits per heavy atom. The van der Waals surface area contributed by atoms with Crippen LogP contribution in [0.5, 0.6) is 11.5 Å². The third-order valence-corrected chi connectivity index (χ3v) is 5.57. The first-order chi connectivity index (χ1) is 13.6. The molecular weight excluding hydrogens is 363 g/mol. The Labute approximate surface area is 160 Å². The molecule has 5 rings (SSSR count). The molecule has 7 heteroatoms. The van der Waals surface area contributed by atoms with Crippen molar-refractivity contribution < 1.29 is 23.4 Å². The first kappa shape index (κ1) is 17.1. The number of hydrogen-bond acceptors (Lipinski definition) is 5. The Balaban J connectivity index is 1.51. The van der Waals surface area contributed by atoms with Gasteiger partial charge in [-0.25, -0.2) is 9.18 Å². The molecule has 0 aliphatic carbocycles. The fraction of sp³-hybridized carbons (Fsp3) is 0.286. The van der Waals surface area contributed by atoms with Gasteiger partial charge in [0.05, 0.1) is 14.2 Å². The van der Waals surface area contributed by atoms with Crippen LogP contribution in [0.4, 0.5) is 4.39 Å². The van der Waals surface area contributed by atoms with Crippen LogP contribution in [-0.4, -0.2) is 36.6 Å². The number of cyclic esters (lactones) is 1. The van der Waals surface area contributed by atoms with Gasteiger partial charge in [-0.2, -0.15) is 0 Å². The first-order valence-corrected chi connectivity index (χ1v) is 9.09. The molecule has 2 aromatic carbocycles. The number of nitrogens with zero attached hydrogens (tertiary/aromatic N) is 1. The van der Waals surface area contributed by atoms with Gasteiger partial charge in [0.15, 0.2) is 17.7 Å². The number of ether oxygens (including phenoxy) is 3. The summed E-state index contributed by atoms with van der Waals surface area (Å²) in [4.78, 5) is 18.0. The highest BCUT2D eigenvalue weighted by molar-refractivity contribution is 5.98. The number of hydrogen-bond donors (Lipinski definition) is 1. The minimum absolute atomic E-state index is 0.239. The van der Waals surface area contributed by atoms with E-state index in [1.165, 1.54) is 20.3 Å². The van der Waals surface area contributed by atoms with Crippen molar-refractivity contribution in [1.29, 1.82) is 0 Å². The monoisotopic (exact) mass is 382 g/mol. The summed E-state index contributed by atoms with van der Waals surface area (Å²) in [6.45, 7) is 1.28. The number of benzene rings is 2. The van der Waals surface area contributed by atoms with Crippen LogP contribution in [0.25, 0.3) is 10.9 Å². The number of methoxy groups -OCH3 is 2. The van der Waals surface area contributed by atoms with Crippen LogP contribution in [0.3, 0.4) is 0 Å². The van der Waals surface area contributed by atoms with Gasteiger partial charge in [-0.3, -0.25) is 4.90 Å². The molecule has 1 atom stereocenters. The molecular formula is C21H19FN2O4. The summed E-state index contributed by atoms with van der Waals surface area (Å²) in [6.07, 6.45) is 0.258. The minimum atomic E-state index is -0.487. The Morgan fingerprint density at radius 3 is 2.86 bits per heavy atom. The van der Waals surface area contributed by atoms with Crippen molar-refractivity contribution in [2.75, 3.05) is 20.8 Å². The molecule has 0 fully saturated rings. The maximum Gasteiger partial charge on any atom is 0.344 e. The molecule has 0 amide bonds. The van der Waals surface area contributed by atoms with Crippen molar-refractivity contribution in [3.8, 4) is 11.5 Å². The summed E-state index contributed by atoms with van der Waals surface area (Å²) < 4.78 is 30.0. The van der Waals surface area contributed by atoms with E-state index in [0.717, 1.165) is 34.1 Å². The lowest BCUT2D eigenvalue weighted by atomic mass is 10.0. The van der Waals surface area contributed by atoms with E-state index in [0.29, 0.717) is 30.2 Å². The largest absolute Gasteiger partial charge is 0.493 e. The topological polar surface area (TPSA) is 63.8 Å². The smallest absolute Gasteiger partial charge is 0.344 e. The number of carbonyl (C=O) groups is 1. The number of carbonyl (C=O) groups excluding carboxylic acids is 1. The maximum atomic E-state index is 13.6. The fourth-order valence-electron chi connectivity index (χ4n) is 4.29. The zero-order valence-electron chi connectivity index (χ0n) is 15.5. The summed E-state index contributed by atoms with van der Waals surface area (Å²) in [5.74, 6) is 0.236. The van der Waals surface area contributed by atoms with Crippen molar-refractivity contribution in [3.63, 3.8) is 0 Å². The molecule has 1 N–H and O–H groups in total. The Morgan fingerprint density at radius 2 is 2.07 bits per heavy atom. The van der Waals surface area contributed by atoms with E-state index in [4.69, 9.17) is 14.2 Å². The van der Waals surface area contributed by atoms with Crippen molar-refractivity contribution >= 4 is 16.9 Å². The van der Waals surface area contributed by atoms with E-state index in [-0.39, 0.29) is 5.82 Å². The van der Waals surface area contributed by atoms with E-state index in [1.807, 2.05) is 6.07 Å². The van der Waals surface area contributed by atoms with Crippen LogP contribution in [0, 0.1) is 5.82 Å². The van der Waals surface area contributed by atoms with Crippen molar-refractivity contribution in [2.45, 2.75) is 19.2 Å². The molecule has 6 nitrogen and oxygen atoms in total. The highest BCUT2D eigenvalue weighted by Gasteiger charge is 2.40. The SMILES string of the molecule is COc1ccc2c(c1OC)C(=O)O[C@H]2N1CCc2c([nH]c3ccc(F)cc23)C1. The molecule has 0 radical (unpaired) electrons. The molecule has 2 aliphatic rings. The second-order valence-electron chi connectivity index (χ2n) is 7.02. The molecule has 2 aliphatic heterocycles. The van der Waals surface area contributed by atoms with Gasteiger partial charge in [0.2, 0.25) is 0 Å². The number of esters is 1. The predicted molar refractivity (Wildman–Crippen MR) is 100 cm³/mol. The quantitative estimate of drug-likeness (QED) is 0.702. The van der Waals surface area contributed by atoms with Crippen LogP contribution < -0.4 is 9.47 Å². The second-order valence-corrected chi connectivity index (χ2v) is 7.02. The fourth-order valence-corrected chi connectivity index (χ4v) is 4.29. The van der Waals surface area contributed by atoms with Gasteiger partial charge >= 0.3 is 5.97 Å². The lowest BCUT2D eigenvalue weighted by molar-refractivity contribution is -0.0295. The molecule has 0 unspecified atom stereocenters. The molecule has 0 saturated heterocycles. The highest BCUT2D eigenvalue weighted by Crippen LogP contribution is 2.44. The number of fused-ring (bicyclic) bond motifs is 4. The molecule has 144 valence electrons. The lowest BCUT2D eigenvalue weighted by Gasteiger charge is -2.31. The summed E-state index contributed by atoms with van der Waals surface area (Å²) in [7, 11) is 3.04. The average Bonchev–Trinajstić information content (AvgIpc) is 3.24. The van der Waals surface area contributed by atoms with Gasteiger partial charge in [0.25, 0.3) is 0 Å². The number of aromatic amines is 1. The van der Waals surface area contributed by atoms with Gasteiger partial charge in [0.1, 0.15) is 11.4 Å². The lowest BCUT2D eigenvalue weighted by Crippen LogP contribution is -2.34. The Bertz CT molecular complexity index is 1110. The van der Waals surface area contributed by atoms with Gasteiger partial charge < -0.3 is 19.2 Å². The van der Waals surface area contributed by atoms with Crippen LogP contribution >= 0.6 is 0 Å². The molecule has 1 aromatic heterocycles. The van der Waals surface area contributed by atoms with Gasteiger partial charge in [0, 0.05) is 35.2 Å². The normalized spacial score (nSPS) is 18.7. The predicted octanol–water partition coefficient (Wildman–Crippen LogP) is 3.55. The van der Waals surface area contributed by atoms with E-state index >= 15 is 0 Å². The molecule has 0 bridgehead atoms. The number of H-pyrrole nitrogens is 1. The van der Waals surface area contributed by atoms with Crippen molar-refractivity contribution in [3.05, 3.63) is 58.5 Å². The van der Waals surface area contributed by atoms with Crippen molar-refractivity contribution in [2.24, 2.45) is 0 Å². The molecule has 3 aromatic rings. The third-order valence-electron chi connectivity index (χ3n) is 5.57. The van der Waals surface area contributed by atoms with Crippen molar-refractivity contribution in [1.82, 2.24) is 9.88 Å². The standard InChI is InChI=1S/C21H19FN2O4/c1-26-17-6-4-13-18(19(17)27-2)21(25)28-20(13)24-8-7-12-14-9-11(22)3-5-15(14)23-16(12)10-24/h3-6,9,20,23H,7-8,10H2,1-2H3/t20-/m1/s1. The molecule has 3 heterocycles. The number of nitrogens with one attached hydrogen (secondary N) is 1. The van der Waals surface area contributed by atoms with E-state index < -0.39 is 12.2 Å². The summed E-state index contributed by atoms with van der Waals surface area (Å²) >= 11 is 0. The van der Waals surface area contributed by atoms with Gasteiger partial charge in [-0.15, -0.1) is 0 Å². The number of aromatic nitrogens is 1. The molecule has 0 spiro atoms. The van der Waals surface area contributed by atoms with E-state index in [2.05, 4.69) is 9.88 Å². The van der Waals surface area contributed by atoms with Crippen LogP contribution in [0.15, 0.2) is 30.3 Å². The minimum Gasteiger partial charge on any atom is -0.493 e. The highest BCUT2D eigenvalue weighted by atomic mass is 19.1. The zero-order chi connectivity index (χ0) is 19.4. The zero-order valence-corrected chi connectivity index (χ0v) is 15.5. The molecule has 28 heavy (non-hydrogen) atoms. The Hall–Kier alpha value is -3.06. The number of rotatable bonds is 3. The van der Waals surface area contributed by atoms with Gasteiger partial charge in [-0.05, 0) is 42.3 Å². The number of halogens is 1. The Kier molecular flexibility index (Phi) is 3.80. The third kappa shape index (κ3) is 2.39. The van der Waals surface area contributed by atoms with Crippen LogP contribution in [0.2, 0.25) is 0 Å². The van der Waals surface area contributed by atoms with E-state index in [9.17, 15) is 9.18 Å². The summed E-state index contributed by atoms with van der Waals surface area (Å²) in [5.41, 5.74) is 4.26. The summed E-state index contributed by atoms with van der Waals surface area (Å²) in [5, 5.41) is 0.921. The first-order valence-electron chi connectivity index (χ1n) is 9.09.